The molecule has 2 rings (SSSR count). The number of nitrogens with one attached hydrogen (secondary N) is 1. The van der Waals surface area contributed by atoms with E-state index in [2.05, 4.69) is 15.3 Å². The van der Waals surface area contributed by atoms with Gasteiger partial charge in [-0.1, -0.05) is 41.9 Å². The van der Waals surface area contributed by atoms with E-state index in [-0.39, 0.29) is 5.91 Å². The van der Waals surface area contributed by atoms with Gasteiger partial charge in [-0.3, -0.25) is 4.79 Å². The monoisotopic (exact) mass is 247 g/mol. The summed E-state index contributed by atoms with van der Waals surface area (Å²) in [5, 5.41) is 2.94. The molecule has 4 nitrogen and oxygen atoms in total. The van der Waals surface area contributed by atoms with Gasteiger partial charge in [0.15, 0.2) is 5.82 Å². The third kappa shape index (κ3) is 3.53. The highest BCUT2D eigenvalue weighted by atomic mass is 35.5. The number of anilines is 1. The molecule has 1 heterocycles. The number of nitrogens with zero attached hydrogens (tertiary/aromatic N) is 2. The molecule has 1 amide bonds. The van der Waals surface area contributed by atoms with Crippen LogP contribution in [-0.4, -0.2) is 15.9 Å². The Kier molecular flexibility index (Phi) is 3.67. The van der Waals surface area contributed by atoms with Crippen LogP contribution < -0.4 is 5.32 Å². The van der Waals surface area contributed by atoms with E-state index < -0.39 is 0 Å². The molecule has 0 saturated heterocycles. The van der Waals surface area contributed by atoms with E-state index in [1.54, 1.807) is 0 Å². The van der Waals surface area contributed by atoms with Crippen LogP contribution >= 0.6 is 11.6 Å². The van der Waals surface area contributed by atoms with Gasteiger partial charge in [0.25, 0.3) is 0 Å². The zero-order valence-corrected chi connectivity index (χ0v) is 9.69. The maximum absolute atomic E-state index is 11.7. The average Bonchev–Trinajstić information content (AvgIpc) is 2.33. The highest BCUT2D eigenvalue weighted by molar-refractivity contribution is 6.29. The minimum absolute atomic E-state index is 0.132. The fraction of sp³-hybridized carbons (Fsp3) is 0.0833. The Bertz CT molecular complexity index is 499. The lowest BCUT2D eigenvalue weighted by Crippen LogP contribution is -2.15. The fourth-order valence-corrected chi connectivity index (χ4v) is 1.44. The molecule has 0 aliphatic rings. The summed E-state index contributed by atoms with van der Waals surface area (Å²) in [6.07, 6.45) is 3.12. The topological polar surface area (TPSA) is 54.9 Å². The van der Waals surface area contributed by atoms with Crippen molar-refractivity contribution in [1.29, 1.82) is 0 Å². The van der Waals surface area contributed by atoms with Gasteiger partial charge in [-0.05, 0) is 5.56 Å². The van der Waals surface area contributed by atoms with Crippen molar-refractivity contribution in [3.05, 3.63) is 53.4 Å². The molecular weight excluding hydrogens is 238 g/mol. The lowest BCUT2D eigenvalue weighted by Gasteiger charge is -2.03. The predicted octanol–water partition coefficient (Wildman–Crippen LogP) is 2.31. The molecule has 0 unspecified atom stereocenters. The maximum Gasteiger partial charge on any atom is 0.229 e. The second-order valence-electron chi connectivity index (χ2n) is 3.43. The Hall–Kier alpha value is -1.94. The summed E-state index contributed by atoms with van der Waals surface area (Å²) >= 11 is 5.59. The van der Waals surface area contributed by atoms with E-state index in [4.69, 9.17) is 11.6 Å². The third-order valence-electron chi connectivity index (χ3n) is 2.10. The lowest BCUT2D eigenvalue weighted by atomic mass is 10.1. The van der Waals surface area contributed by atoms with Crippen molar-refractivity contribution in [2.45, 2.75) is 6.42 Å². The number of rotatable bonds is 3. The summed E-state index contributed by atoms with van der Waals surface area (Å²) in [5.74, 6) is 0.267. The first-order valence-electron chi connectivity index (χ1n) is 5.05. The van der Waals surface area contributed by atoms with Gasteiger partial charge in [0.05, 0.1) is 18.8 Å². The van der Waals surface area contributed by atoms with Gasteiger partial charge in [0, 0.05) is 0 Å². The SMILES string of the molecule is O=C(Cc1ccccc1)Nc1cnc(Cl)cn1. The molecule has 86 valence electrons. The lowest BCUT2D eigenvalue weighted by molar-refractivity contribution is -0.115. The Labute approximate surface area is 104 Å². The number of benzene rings is 1. The quantitative estimate of drug-likeness (QED) is 0.906. The summed E-state index contributed by atoms with van der Waals surface area (Å²) in [6, 6.07) is 9.49. The summed E-state index contributed by atoms with van der Waals surface area (Å²) in [6.45, 7) is 0. The number of hydrogen-bond donors (Lipinski definition) is 1. The van der Waals surface area contributed by atoms with Crippen molar-refractivity contribution in [2.24, 2.45) is 0 Å². The summed E-state index contributed by atoms with van der Waals surface area (Å²) in [4.78, 5) is 19.4. The van der Waals surface area contributed by atoms with Crippen LogP contribution in [0.5, 0.6) is 0 Å². The van der Waals surface area contributed by atoms with Crippen LogP contribution in [0.2, 0.25) is 5.15 Å². The van der Waals surface area contributed by atoms with Gasteiger partial charge in [0.2, 0.25) is 5.91 Å². The van der Waals surface area contributed by atoms with Gasteiger partial charge in [-0.25, -0.2) is 9.97 Å². The van der Waals surface area contributed by atoms with Crippen LogP contribution in [0.1, 0.15) is 5.56 Å². The zero-order valence-electron chi connectivity index (χ0n) is 8.93. The molecule has 0 saturated carbocycles. The third-order valence-corrected chi connectivity index (χ3v) is 2.29. The molecule has 0 aliphatic carbocycles. The molecule has 0 radical (unpaired) electrons. The molecular formula is C12H10ClN3O. The van der Waals surface area contributed by atoms with Gasteiger partial charge >= 0.3 is 0 Å². The van der Waals surface area contributed by atoms with Crippen molar-refractivity contribution in [1.82, 2.24) is 9.97 Å². The van der Waals surface area contributed by atoms with Gasteiger partial charge in [-0.2, -0.15) is 0 Å². The summed E-state index contributed by atoms with van der Waals surface area (Å²) < 4.78 is 0. The minimum Gasteiger partial charge on any atom is -0.309 e. The first-order valence-corrected chi connectivity index (χ1v) is 5.43. The fourth-order valence-electron chi connectivity index (χ4n) is 1.35. The number of carbonyl (C=O) groups is 1. The Morgan fingerprint density at radius 3 is 2.59 bits per heavy atom. The Morgan fingerprint density at radius 1 is 1.18 bits per heavy atom. The molecule has 1 aromatic carbocycles. The summed E-state index contributed by atoms with van der Waals surface area (Å²) in [7, 11) is 0. The van der Waals surface area contributed by atoms with Gasteiger partial charge in [-0.15, -0.1) is 0 Å². The summed E-state index contributed by atoms with van der Waals surface area (Å²) in [5.41, 5.74) is 0.951. The number of amides is 1. The molecule has 0 aliphatic heterocycles. The van der Waals surface area contributed by atoms with E-state index in [1.165, 1.54) is 12.4 Å². The van der Waals surface area contributed by atoms with Crippen LogP contribution in [0.4, 0.5) is 5.82 Å². The smallest absolute Gasteiger partial charge is 0.229 e. The largest absolute Gasteiger partial charge is 0.309 e. The highest BCUT2D eigenvalue weighted by Gasteiger charge is 2.04. The number of aromatic nitrogens is 2. The van der Waals surface area contributed by atoms with Gasteiger partial charge < -0.3 is 5.32 Å². The predicted molar refractivity (Wildman–Crippen MR) is 65.8 cm³/mol. The Balaban J connectivity index is 1.96. The van der Waals surface area contributed by atoms with E-state index in [0.717, 1.165) is 5.56 Å². The molecule has 1 aromatic heterocycles. The van der Waals surface area contributed by atoms with Crippen molar-refractivity contribution in [2.75, 3.05) is 5.32 Å². The van der Waals surface area contributed by atoms with Crippen molar-refractivity contribution in [3.63, 3.8) is 0 Å². The van der Waals surface area contributed by atoms with E-state index in [1.807, 2.05) is 30.3 Å². The number of hydrogen-bond acceptors (Lipinski definition) is 3. The Morgan fingerprint density at radius 2 is 1.94 bits per heavy atom. The number of carbonyl (C=O) groups excluding carboxylic acids is 1. The average molecular weight is 248 g/mol. The molecule has 17 heavy (non-hydrogen) atoms. The van der Waals surface area contributed by atoms with E-state index >= 15 is 0 Å². The molecule has 0 spiro atoms. The van der Waals surface area contributed by atoms with Gasteiger partial charge in [0.1, 0.15) is 5.15 Å². The number of halogens is 1. The standard InChI is InChI=1S/C12H10ClN3O/c13-10-7-15-11(8-14-10)16-12(17)6-9-4-2-1-3-5-9/h1-5,7-8H,6H2,(H,15,16,17). The van der Waals surface area contributed by atoms with Crippen LogP contribution in [0.25, 0.3) is 0 Å². The minimum atomic E-state index is -0.132. The molecule has 2 aromatic rings. The first-order chi connectivity index (χ1) is 8.24. The van der Waals surface area contributed by atoms with E-state index in [0.29, 0.717) is 17.4 Å². The molecule has 1 N–H and O–H groups in total. The van der Waals surface area contributed by atoms with Crippen LogP contribution in [0.15, 0.2) is 42.7 Å². The molecule has 0 atom stereocenters. The van der Waals surface area contributed by atoms with Crippen LogP contribution in [0, 0.1) is 0 Å². The molecule has 5 heteroatoms. The highest BCUT2D eigenvalue weighted by Crippen LogP contribution is 2.06. The molecule has 0 bridgehead atoms. The maximum atomic E-state index is 11.7. The molecule has 0 fully saturated rings. The second kappa shape index (κ2) is 5.41. The van der Waals surface area contributed by atoms with Crippen LogP contribution in [0.3, 0.4) is 0 Å². The van der Waals surface area contributed by atoms with Crippen molar-refractivity contribution >= 4 is 23.3 Å². The second-order valence-corrected chi connectivity index (χ2v) is 3.82. The first kappa shape index (κ1) is 11.5. The van der Waals surface area contributed by atoms with Crippen molar-refractivity contribution in [3.8, 4) is 0 Å². The normalized spacial score (nSPS) is 9.94. The van der Waals surface area contributed by atoms with E-state index in [9.17, 15) is 4.79 Å². The van der Waals surface area contributed by atoms with Crippen molar-refractivity contribution < 1.29 is 4.79 Å². The van der Waals surface area contributed by atoms with Crippen LogP contribution in [-0.2, 0) is 11.2 Å². The zero-order chi connectivity index (χ0) is 12.1.